The number of hydrogen-bond donors (Lipinski definition) is 1. The van der Waals surface area contributed by atoms with Crippen molar-refractivity contribution in [3.63, 3.8) is 0 Å². The van der Waals surface area contributed by atoms with Gasteiger partial charge in [0.1, 0.15) is 0 Å². The molecule has 0 aromatic carbocycles. The van der Waals surface area contributed by atoms with E-state index in [-0.39, 0.29) is 18.9 Å². The normalized spacial score (nSPS) is 31.1. The third kappa shape index (κ3) is 2.23. The Hall–Kier alpha value is 0.517. The van der Waals surface area contributed by atoms with Crippen LogP contribution in [0.3, 0.4) is 0 Å². The summed E-state index contributed by atoms with van der Waals surface area (Å²) in [5.41, 5.74) is 0.318. The molecule has 0 aromatic heterocycles. The molecule has 1 saturated heterocycles. The van der Waals surface area contributed by atoms with Crippen LogP contribution < -0.4 is 24.2 Å². The zero-order valence-electron chi connectivity index (χ0n) is 8.44. The first-order valence-corrected chi connectivity index (χ1v) is 4.00. The fourth-order valence-corrected chi connectivity index (χ4v) is 1.32. The molecule has 0 radical (unpaired) electrons. The molecule has 3 heteroatoms. The summed E-state index contributed by atoms with van der Waals surface area (Å²) in [7, 11) is 2.19. The number of nitrogens with zero attached hydrogens (tertiary/aromatic N) is 1. The molecule has 1 heterocycles. The van der Waals surface area contributed by atoms with E-state index in [1.54, 1.807) is 0 Å². The van der Waals surface area contributed by atoms with Gasteiger partial charge in [0.25, 0.3) is 0 Å². The Morgan fingerprint density at radius 2 is 2.00 bits per heavy atom. The second-order valence-electron chi connectivity index (χ2n) is 3.75. The van der Waals surface area contributed by atoms with Gasteiger partial charge in [0.2, 0.25) is 0 Å². The van der Waals surface area contributed by atoms with Crippen molar-refractivity contribution in [3.05, 3.63) is 0 Å². The molecule has 1 unspecified atom stereocenters. The number of hydrogen-bond acceptors (Lipinski definition) is 2. The summed E-state index contributed by atoms with van der Waals surface area (Å²) in [4.78, 5) is 2.41. The summed E-state index contributed by atoms with van der Waals surface area (Å²) >= 11 is 0. The minimum absolute atomic E-state index is 0. The average molecular weight is 149 g/mol. The maximum Gasteiger partial charge on any atom is 1.00 e. The minimum Gasteiger partial charge on any atom is -0.311 e. The number of piperazine rings is 1. The molecule has 1 atom stereocenters. The van der Waals surface area contributed by atoms with Crippen LogP contribution in [0.25, 0.3) is 0 Å². The molecule has 0 bridgehead atoms. The number of nitrogens with one attached hydrogen (secondary N) is 1. The van der Waals surface area contributed by atoms with Crippen LogP contribution in [0.5, 0.6) is 0 Å². The van der Waals surface area contributed by atoms with Crippen molar-refractivity contribution in [1.82, 2.24) is 10.2 Å². The fraction of sp³-hybridized carbons (Fsp3) is 1.00. The zero-order valence-corrected chi connectivity index (χ0v) is 8.44. The quantitative estimate of drug-likeness (QED) is 0.389. The van der Waals surface area contributed by atoms with Gasteiger partial charge in [-0.1, -0.05) is 0 Å². The minimum atomic E-state index is 0. The largest absolute Gasteiger partial charge is 1.00 e. The Morgan fingerprint density at radius 3 is 2.36 bits per heavy atom. The Morgan fingerprint density at radius 1 is 1.45 bits per heavy atom. The number of rotatable bonds is 0. The predicted octanol–water partition coefficient (Wildman–Crippen LogP) is -2.31. The molecule has 1 fully saturated rings. The average Bonchev–Trinajstić information content (AvgIpc) is 1.84. The molecule has 11 heavy (non-hydrogen) atoms. The first-order chi connectivity index (χ1) is 4.55. The summed E-state index contributed by atoms with van der Waals surface area (Å²) in [6.45, 7) is 9.10. The predicted molar refractivity (Wildman–Crippen MR) is 44.2 cm³/mol. The fourth-order valence-electron chi connectivity index (χ4n) is 1.32. The van der Waals surface area contributed by atoms with E-state index in [9.17, 15) is 0 Å². The number of likely N-dealkylation sites (N-methyl/N-ethyl adjacent to an activating group) is 1. The molecule has 1 aliphatic heterocycles. The second-order valence-corrected chi connectivity index (χ2v) is 3.75. The van der Waals surface area contributed by atoms with Crippen LogP contribution in [0.2, 0.25) is 0 Å². The van der Waals surface area contributed by atoms with Gasteiger partial charge < -0.3 is 5.32 Å². The molecular weight excluding hydrogens is 131 g/mol. The van der Waals surface area contributed by atoms with Crippen molar-refractivity contribution in [3.8, 4) is 0 Å². The molecule has 1 rings (SSSR count). The van der Waals surface area contributed by atoms with Gasteiger partial charge in [-0.15, -0.1) is 0 Å². The molecule has 0 amide bonds. The van der Waals surface area contributed by atoms with Crippen LogP contribution in [0.15, 0.2) is 0 Å². The van der Waals surface area contributed by atoms with Crippen molar-refractivity contribution in [1.29, 1.82) is 0 Å². The maximum atomic E-state index is 3.46. The van der Waals surface area contributed by atoms with Crippen molar-refractivity contribution < 1.29 is 18.9 Å². The first kappa shape index (κ1) is 11.5. The van der Waals surface area contributed by atoms with Gasteiger partial charge >= 0.3 is 18.9 Å². The first-order valence-electron chi connectivity index (χ1n) is 4.00. The third-order valence-corrected chi connectivity index (χ3v) is 2.94. The van der Waals surface area contributed by atoms with E-state index in [0.717, 1.165) is 13.1 Å². The molecule has 2 nitrogen and oxygen atoms in total. The van der Waals surface area contributed by atoms with E-state index < -0.39 is 0 Å². The van der Waals surface area contributed by atoms with Gasteiger partial charge in [-0.25, -0.2) is 0 Å². The van der Waals surface area contributed by atoms with Gasteiger partial charge in [-0.3, -0.25) is 4.90 Å². The van der Waals surface area contributed by atoms with Crippen LogP contribution in [0, 0.1) is 0 Å². The Labute approximate surface area is 81.9 Å². The van der Waals surface area contributed by atoms with Gasteiger partial charge in [-0.2, -0.15) is 0 Å². The van der Waals surface area contributed by atoms with Crippen LogP contribution in [-0.2, 0) is 0 Å². The third-order valence-electron chi connectivity index (χ3n) is 2.94. The van der Waals surface area contributed by atoms with E-state index in [1.807, 2.05) is 0 Å². The van der Waals surface area contributed by atoms with Crippen molar-refractivity contribution in [2.24, 2.45) is 0 Å². The second kappa shape index (κ2) is 3.96. The van der Waals surface area contributed by atoms with Crippen LogP contribution in [0.1, 0.15) is 20.8 Å². The molecule has 0 aromatic rings. The van der Waals surface area contributed by atoms with Crippen molar-refractivity contribution >= 4 is 0 Å². The monoisotopic (exact) mass is 149 g/mol. The summed E-state index contributed by atoms with van der Waals surface area (Å²) < 4.78 is 0. The van der Waals surface area contributed by atoms with Crippen LogP contribution in [-0.4, -0.2) is 36.6 Å². The standard InChI is InChI=1S/C8H18N2.Li/c1-7-8(2,3)10(4)6-5-9-7;/h7,9H,5-6H2,1-4H3;/q;+1. The zero-order chi connectivity index (χ0) is 7.78. The van der Waals surface area contributed by atoms with Gasteiger partial charge in [-0.05, 0) is 27.8 Å². The van der Waals surface area contributed by atoms with Gasteiger partial charge in [0.15, 0.2) is 0 Å². The van der Waals surface area contributed by atoms with E-state index in [2.05, 4.69) is 38.0 Å². The van der Waals surface area contributed by atoms with E-state index in [4.69, 9.17) is 0 Å². The summed E-state index contributed by atoms with van der Waals surface area (Å²) in [6, 6.07) is 0.603. The van der Waals surface area contributed by atoms with Gasteiger partial charge in [0, 0.05) is 24.7 Å². The Balaban J connectivity index is 0.000001000. The summed E-state index contributed by atoms with van der Waals surface area (Å²) in [5.74, 6) is 0. The molecule has 0 saturated carbocycles. The Bertz CT molecular complexity index is 113. The Kier molecular flexibility index (Phi) is 4.14. The van der Waals surface area contributed by atoms with E-state index in [1.165, 1.54) is 0 Å². The van der Waals surface area contributed by atoms with Crippen LogP contribution >= 0.6 is 0 Å². The SMILES string of the molecule is CC1NCCN(C)C1(C)C.[Li+]. The summed E-state index contributed by atoms with van der Waals surface area (Å²) in [6.07, 6.45) is 0. The maximum absolute atomic E-state index is 3.46. The van der Waals surface area contributed by atoms with E-state index >= 15 is 0 Å². The molecular formula is C8H18LiN2+. The van der Waals surface area contributed by atoms with E-state index in [0.29, 0.717) is 11.6 Å². The molecule has 1 N–H and O–H groups in total. The smallest absolute Gasteiger partial charge is 0.311 e. The molecule has 0 spiro atoms. The molecule has 60 valence electrons. The van der Waals surface area contributed by atoms with Crippen molar-refractivity contribution in [2.45, 2.75) is 32.4 Å². The van der Waals surface area contributed by atoms with Crippen molar-refractivity contribution in [2.75, 3.05) is 20.1 Å². The molecule has 1 aliphatic rings. The summed E-state index contributed by atoms with van der Waals surface area (Å²) in [5, 5.41) is 3.46. The van der Waals surface area contributed by atoms with Crippen LogP contribution in [0.4, 0.5) is 0 Å². The topological polar surface area (TPSA) is 15.3 Å². The molecule has 0 aliphatic carbocycles. The van der Waals surface area contributed by atoms with Gasteiger partial charge in [0.05, 0.1) is 0 Å².